The number of ether oxygens (including phenoxy) is 1. The van der Waals surface area contributed by atoms with Crippen LogP contribution in [0, 0.1) is 11.8 Å². The van der Waals surface area contributed by atoms with Crippen LogP contribution in [0.1, 0.15) is 36.0 Å². The molecule has 4 rings (SSSR count). The van der Waals surface area contributed by atoms with Crippen molar-refractivity contribution >= 4 is 35.2 Å². The maximum atomic E-state index is 12.4. The smallest absolute Gasteiger partial charge is 0.326 e. The van der Waals surface area contributed by atoms with Crippen LogP contribution in [0.25, 0.3) is 0 Å². The van der Waals surface area contributed by atoms with Gasteiger partial charge in [0.15, 0.2) is 12.4 Å². The summed E-state index contributed by atoms with van der Waals surface area (Å²) in [5.74, 6) is -2.75. The minimum Gasteiger partial charge on any atom is -0.456 e. The summed E-state index contributed by atoms with van der Waals surface area (Å²) in [4.78, 5) is 63.8. The SMILES string of the molecule is O=C(CN1C(=O)[C@H]2CC=CC[C@@H]2C1=O)OCC(=O)c1cccc(N2CCCC2=O)c1. The summed E-state index contributed by atoms with van der Waals surface area (Å²) in [6.45, 7) is -0.373. The van der Waals surface area contributed by atoms with Gasteiger partial charge in [-0.3, -0.25) is 28.9 Å². The number of amides is 3. The lowest BCUT2D eigenvalue weighted by atomic mass is 9.85. The lowest BCUT2D eigenvalue weighted by Gasteiger charge is -2.16. The predicted octanol–water partition coefficient (Wildman–Crippen LogP) is 1.49. The molecule has 0 bridgehead atoms. The second-order valence-corrected chi connectivity index (χ2v) is 7.70. The minimum absolute atomic E-state index is 0.0155. The van der Waals surface area contributed by atoms with E-state index in [2.05, 4.69) is 0 Å². The van der Waals surface area contributed by atoms with Crippen LogP contribution in [0.2, 0.25) is 0 Å². The third kappa shape index (κ3) is 3.77. The molecule has 2 heterocycles. The van der Waals surface area contributed by atoms with E-state index in [-0.39, 0.29) is 17.7 Å². The van der Waals surface area contributed by atoms with Gasteiger partial charge in [0.2, 0.25) is 17.7 Å². The molecule has 1 aliphatic carbocycles. The third-order valence-electron chi connectivity index (χ3n) is 5.80. The number of anilines is 1. The average molecular weight is 410 g/mol. The van der Waals surface area contributed by atoms with Gasteiger partial charge in [-0.1, -0.05) is 24.3 Å². The number of likely N-dealkylation sites (tertiary alicyclic amines) is 1. The van der Waals surface area contributed by atoms with Crippen molar-refractivity contribution in [3.05, 3.63) is 42.0 Å². The number of ketones is 1. The van der Waals surface area contributed by atoms with E-state index < -0.39 is 36.7 Å². The van der Waals surface area contributed by atoms with Crippen LogP contribution in [0.15, 0.2) is 36.4 Å². The summed E-state index contributed by atoms with van der Waals surface area (Å²) in [5.41, 5.74) is 0.963. The average Bonchev–Trinajstić information content (AvgIpc) is 3.29. The Morgan fingerprint density at radius 3 is 2.37 bits per heavy atom. The lowest BCUT2D eigenvalue weighted by molar-refractivity contribution is -0.152. The zero-order chi connectivity index (χ0) is 21.3. The molecule has 156 valence electrons. The first-order valence-corrected chi connectivity index (χ1v) is 10.0. The Balaban J connectivity index is 1.33. The molecule has 8 nitrogen and oxygen atoms in total. The molecule has 2 atom stereocenters. The van der Waals surface area contributed by atoms with Gasteiger partial charge in [-0.2, -0.15) is 0 Å². The van der Waals surface area contributed by atoms with Crippen LogP contribution >= 0.6 is 0 Å². The highest BCUT2D eigenvalue weighted by Crippen LogP contribution is 2.34. The van der Waals surface area contributed by atoms with Crippen LogP contribution in [0.4, 0.5) is 5.69 Å². The molecule has 2 aliphatic heterocycles. The van der Waals surface area contributed by atoms with Crippen molar-refractivity contribution in [2.24, 2.45) is 11.8 Å². The van der Waals surface area contributed by atoms with Crippen LogP contribution in [-0.2, 0) is 23.9 Å². The zero-order valence-corrected chi connectivity index (χ0v) is 16.4. The summed E-state index contributed by atoms with van der Waals surface area (Å²) in [6.07, 6.45) is 6.00. The minimum atomic E-state index is -0.803. The highest BCUT2D eigenvalue weighted by molar-refractivity contribution is 6.07. The molecule has 3 aliphatic rings. The molecule has 0 radical (unpaired) electrons. The normalized spacial score (nSPS) is 23.1. The molecule has 0 aromatic heterocycles. The molecule has 8 heteroatoms. The fourth-order valence-electron chi connectivity index (χ4n) is 4.20. The topological polar surface area (TPSA) is 101 Å². The summed E-state index contributed by atoms with van der Waals surface area (Å²) in [7, 11) is 0. The van der Waals surface area contributed by atoms with Gasteiger partial charge in [-0.05, 0) is 31.4 Å². The van der Waals surface area contributed by atoms with Crippen LogP contribution in [0.5, 0.6) is 0 Å². The molecule has 0 saturated carbocycles. The van der Waals surface area contributed by atoms with Crippen molar-refractivity contribution in [3.8, 4) is 0 Å². The van der Waals surface area contributed by atoms with Gasteiger partial charge in [-0.25, -0.2) is 0 Å². The number of hydrogen-bond acceptors (Lipinski definition) is 6. The number of carbonyl (C=O) groups excluding carboxylic acids is 5. The number of esters is 1. The number of hydrogen-bond donors (Lipinski definition) is 0. The molecule has 0 spiro atoms. The third-order valence-corrected chi connectivity index (χ3v) is 5.80. The number of benzene rings is 1. The van der Waals surface area contributed by atoms with Crippen molar-refractivity contribution in [2.75, 3.05) is 24.6 Å². The van der Waals surface area contributed by atoms with Crippen LogP contribution in [0.3, 0.4) is 0 Å². The summed E-state index contributed by atoms with van der Waals surface area (Å²) in [5, 5.41) is 0. The Labute approximate surface area is 173 Å². The number of allylic oxidation sites excluding steroid dienone is 2. The van der Waals surface area contributed by atoms with Gasteiger partial charge >= 0.3 is 5.97 Å². The Kier molecular flexibility index (Phi) is 5.48. The molecule has 30 heavy (non-hydrogen) atoms. The van der Waals surface area contributed by atoms with Crippen molar-refractivity contribution in [1.82, 2.24) is 4.90 Å². The second-order valence-electron chi connectivity index (χ2n) is 7.70. The Morgan fingerprint density at radius 2 is 1.73 bits per heavy atom. The van der Waals surface area contributed by atoms with Gasteiger partial charge in [-0.15, -0.1) is 0 Å². The lowest BCUT2D eigenvalue weighted by Crippen LogP contribution is -2.37. The molecule has 0 unspecified atom stereocenters. The predicted molar refractivity (Wildman–Crippen MR) is 105 cm³/mol. The first-order valence-electron chi connectivity index (χ1n) is 10.0. The number of Topliss-reactive ketones (excluding diaryl/α,β-unsaturated/α-hetero) is 1. The monoisotopic (exact) mass is 410 g/mol. The van der Waals surface area contributed by atoms with E-state index in [9.17, 15) is 24.0 Å². The van der Waals surface area contributed by atoms with Crippen LogP contribution < -0.4 is 4.90 Å². The van der Waals surface area contributed by atoms with E-state index in [0.717, 1.165) is 11.3 Å². The van der Waals surface area contributed by atoms with E-state index in [1.165, 1.54) is 0 Å². The molecule has 3 amide bonds. The first-order chi connectivity index (χ1) is 14.5. The van der Waals surface area contributed by atoms with Gasteiger partial charge in [0.05, 0.1) is 11.8 Å². The summed E-state index contributed by atoms with van der Waals surface area (Å²) < 4.78 is 5.03. The highest BCUT2D eigenvalue weighted by atomic mass is 16.5. The molecular formula is C22H22N2O6. The molecule has 0 N–H and O–H groups in total. The Morgan fingerprint density at radius 1 is 1.03 bits per heavy atom. The standard InChI is InChI=1S/C22H22N2O6/c25-18(14-5-3-6-15(11-14)23-10-4-9-19(23)26)13-30-20(27)12-24-21(28)16-7-1-2-8-17(16)22(24)29/h1-3,5-6,11,16-17H,4,7-10,12-13H2/t16-,17-/m0/s1. The molecule has 2 fully saturated rings. The van der Waals surface area contributed by atoms with E-state index in [0.29, 0.717) is 37.1 Å². The molecule has 1 aromatic rings. The summed E-state index contributed by atoms with van der Waals surface area (Å²) >= 11 is 0. The zero-order valence-electron chi connectivity index (χ0n) is 16.4. The Bertz CT molecular complexity index is 927. The second kappa shape index (κ2) is 8.22. The molecular weight excluding hydrogens is 388 g/mol. The molecule has 1 aromatic carbocycles. The number of imide groups is 1. The van der Waals surface area contributed by atoms with Gasteiger partial charge in [0.25, 0.3) is 0 Å². The van der Waals surface area contributed by atoms with E-state index >= 15 is 0 Å². The van der Waals surface area contributed by atoms with Crippen molar-refractivity contribution in [1.29, 1.82) is 0 Å². The van der Waals surface area contributed by atoms with E-state index in [1.807, 2.05) is 12.2 Å². The Hall–Kier alpha value is -3.29. The van der Waals surface area contributed by atoms with Crippen molar-refractivity contribution < 1.29 is 28.7 Å². The van der Waals surface area contributed by atoms with Crippen molar-refractivity contribution in [3.63, 3.8) is 0 Å². The largest absolute Gasteiger partial charge is 0.456 e. The number of nitrogens with zero attached hydrogens (tertiary/aromatic N) is 2. The van der Waals surface area contributed by atoms with E-state index in [1.54, 1.807) is 29.2 Å². The molecule has 2 saturated heterocycles. The number of rotatable bonds is 6. The van der Waals surface area contributed by atoms with Crippen molar-refractivity contribution in [2.45, 2.75) is 25.7 Å². The summed E-state index contributed by atoms with van der Waals surface area (Å²) in [6, 6.07) is 6.62. The first kappa shape index (κ1) is 20.0. The fourth-order valence-corrected chi connectivity index (χ4v) is 4.20. The number of fused-ring (bicyclic) bond motifs is 1. The number of carbonyl (C=O) groups is 5. The van der Waals surface area contributed by atoms with Crippen LogP contribution in [-0.4, -0.2) is 54.1 Å². The van der Waals surface area contributed by atoms with Gasteiger partial charge in [0.1, 0.15) is 6.54 Å². The maximum absolute atomic E-state index is 12.4. The van der Waals surface area contributed by atoms with E-state index in [4.69, 9.17) is 4.74 Å². The quantitative estimate of drug-likeness (QED) is 0.305. The highest BCUT2D eigenvalue weighted by Gasteiger charge is 2.47. The van der Waals surface area contributed by atoms with Gasteiger partial charge in [0, 0.05) is 24.2 Å². The maximum Gasteiger partial charge on any atom is 0.326 e. The fraction of sp³-hybridized carbons (Fsp3) is 0.409. The van der Waals surface area contributed by atoms with Gasteiger partial charge < -0.3 is 9.64 Å².